The van der Waals surface area contributed by atoms with Gasteiger partial charge >= 0.3 is 0 Å². The first-order valence-corrected chi connectivity index (χ1v) is 16.4. The Labute approximate surface area is 262 Å². The highest BCUT2D eigenvalue weighted by Crippen LogP contribution is 2.28. The molecule has 11 heteroatoms. The normalized spacial score (nSPS) is 14.7. The van der Waals surface area contributed by atoms with Crippen molar-refractivity contribution in [3.63, 3.8) is 0 Å². The van der Waals surface area contributed by atoms with E-state index in [9.17, 15) is 18.0 Å². The summed E-state index contributed by atoms with van der Waals surface area (Å²) in [4.78, 5) is 28.9. The van der Waals surface area contributed by atoms with Crippen molar-refractivity contribution < 1.29 is 18.0 Å². The summed E-state index contributed by atoms with van der Waals surface area (Å²) < 4.78 is 28.9. The van der Waals surface area contributed by atoms with Gasteiger partial charge < -0.3 is 10.2 Å². The number of halogens is 3. The zero-order valence-corrected chi connectivity index (χ0v) is 26.6. The van der Waals surface area contributed by atoms with Crippen molar-refractivity contribution in [2.24, 2.45) is 0 Å². The van der Waals surface area contributed by atoms with Crippen molar-refractivity contribution in [3.05, 3.63) is 92.9 Å². The molecule has 0 unspecified atom stereocenters. The molecule has 0 saturated heterocycles. The predicted molar refractivity (Wildman–Crippen MR) is 169 cm³/mol. The minimum absolute atomic E-state index is 0.0207. The number of aryl methyl sites for hydroxylation is 1. The second-order valence-corrected chi connectivity index (χ2v) is 13.7. The van der Waals surface area contributed by atoms with Crippen molar-refractivity contribution >= 4 is 62.3 Å². The zero-order valence-electron chi connectivity index (χ0n) is 23.5. The van der Waals surface area contributed by atoms with Crippen LogP contribution in [-0.2, 0) is 26.2 Å². The van der Waals surface area contributed by atoms with Crippen LogP contribution < -0.4 is 9.62 Å². The molecule has 0 aromatic heterocycles. The van der Waals surface area contributed by atoms with Crippen molar-refractivity contribution in [3.8, 4) is 0 Å². The summed E-state index contributed by atoms with van der Waals surface area (Å²) in [5.41, 5.74) is 1.73. The molecule has 0 bridgehead atoms. The standard InChI is InChI=1S/C31H34Cl3N3O4S/c1-21-8-16-28(17-9-21)42(40,41)37(27-14-12-24(32)13-15-27)20-30(38)36(19-23-10-11-25(33)18-29(23)34)22(2)31(39)35-26-6-4-3-5-7-26/h8-18,22,26H,3-7,19-20H2,1-2H3,(H,35,39)/t22-/m0/s1. The van der Waals surface area contributed by atoms with Crippen molar-refractivity contribution in [1.29, 1.82) is 0 Å². The Morgan fingerprint density at radius 2 is 1.52 bits per heavy atom. The van der Waals surface area contributed by atoms with E-state index in [4.69, 9.17) is 34.8 Å². The van der Waals surface area contributed by atoms with Gasteiger partial charge in [-0.15, -0.1) is 0 Å². The Hall–Kier alpha value is -2.78. The quantitative estimate of drug-likeness (QED) is 0.256. The Kier molecular flexibility index (Phi) is 10.8. The monoisotopic (exact) mass is 649 g/mol. The minimum Gasteiger partial charge on any atom is -0.352 e. The molecular formula is C31H34Cl3N3O4S. The summed E-state index contributed by atoms with van der Waals surface area (Å²) in [6.07, 6.45) is 4.98. The highest BCUT2D eigenvalue weighted by Gasteiger charge is 2.33. The van der Waals surface area contributed by atoms with Crippen molar-refractivity contribution in [2.45, 2.75) is 69.5 Å². The summed E-state index contributed by atoms with van der Waals surface area (Å²) in [5, 5.41) is 4.27. The predicted octanol–water partition coefficient (Wildman–Crippen LogP) is 7.02. The molecule has 1 aliphatic rings. The third-order valence-electron chi connectivity index (χ3n) is 7.48. The molecule has 1 aliphatic carbocycles. The number of carbonyl (C=O) groups excluding carboxylic acids is 2. The van der Waals surface area contributed by atoms with Gasteiger partial charge in [-0.2, -0.15) is 0 Å². The van der Waals surface area contributed by atoms with Gasteiger partial charge in [0.1, 0.15) is 12.6 Å². The van der Waals surface area contributed by atoms with Gasteiger partial charge in [-0.25, -0.2) is 8.42 Å². The van der Waals surface area contributed by atoms with Crippen LogP contribution in [0.3, 0.4) is 0 Å². The summed E-state index contributed by atoms with van der Waals surface area (Å²) in [7, 11) is -4.17. The van der Waals surface area contributed by atoms with E-state index in [0.717, 1.165) is 42.0 Å². The van der Waals surface area contributed by atoms with Crippen LogP contribution in [0, 0.1) is 6.92 Å². The molecule has 7 nitrogen and oxygen atoms in total. The van der Waals surface area contributed by atoms with Gasteiger partial charge in [-0.1, -0.05) is 77.8 Å². The number of rotatable bonds is 10. The number of amides is 2. The first kappa shape index (κ1) is 32.1. The van der Waals surface area contributed by atoms with Gasteiger partial charge in [-0.3, -0.25) is 13.9 Å². The van der Waals surface area contributed by atoms with E-state index in [1.807, 2.05) is 6.92 Å². The topological polar surface area (TPSA) is 86.8 Å². The van der Waals surface area contributed by atoms with E-state index in [1.54, 1.807) is 61.5 Å². The molecule has 1 N–H and O–H groups in total. The van der Waals surface area contributed by atoms with Crippen LogP contribution in [0.15, 0.2) is 71.6 Å². The lowest BCUT2D eigenvalue weighted by molar-refractivity contribution is -0.139. The molecule has 0 heterocycles. The maximum Gasteiger partial charge on any atom is 0.264 e. The number of anilines is 1. The van der Waals surface area contributed by atoms with E-state index < -0.39 is 28.5 Å². The molecule has 0 aliphatic heterocycles. The van der Waals surface area contributed by atoms with E-state index in [-0.39, 0.29) is 29.1 Å². The van der Waals surface area contributed by atoms with Crippen LogP contribution in [0.1, 0.15) is 50.2 Å². The van der Waals surface area contributed by atoms with Gasteiger partial charge in [0, 0.05) is 27.7 Å². The highest BCUT2D eigenvalue weighted by molar-refractivity contribution is 7.92. The van der Waals surface area contributed by atoms with Crippen LogP contribution >= 0.6 is 34.8 Å². The maximum atomic E-state index is 14.1. The number of carbonyl (C=O) groups is 2. The van der Waals surface area contributed by atoms with Gasteiger partial charge in [0.2, 0.25) is 11.8 Å². The molecule has 42 heavy (non-hydrogen) atoms. The lowest BCUT2D eigenvalue weighted by atomic mass is 9.95. The average molecular weight is 651 g/mol. The Morgan fingerprint density at radius 1 is 0.905 bits per heavy atom. The summed E-state index contributed by atoms with van der Waals surface area (Å²) >= 11 is 18.6. The number of nitrogens with one attached hydrogen (secondary N) is 1. The number of hydrogen-bond donors (Lipinski definition) is 1. The summed E-state index contributed by atoms with van der Waals surface area (Å²) in [6, 6.07) is 16.6. The third-order valence-corrected chi connectivity index (χ3v) is 10.1. The number of benzene rings is 3. The van der Waals surface area contributed by atoms with E-state index in [0.29, 0.717) is 20.6 Å². The van der Waals surface area contributed by atoms with Crippen molar-refractivity contribution in [2.75, 3.05) is 10.8 Å². The lowest BCUT2D eigenvalue weighted by Gasteiger charge is -2.33. The molecule has 4 rings (SSSR count). The lowest BCUT2D eigenvalue weighted by Crippen LogP contribution is -2.53. The molecule has 1 atom stereocenters. The van der Waals surface area contributed by atoms with Gasteiger partial charge in [-0.05, 0) is 80.8 Å². The maximum absolute atomic E-state index is 14.1. The first-order chi connectivity index (χ1) is 20.0. The molecule has 0 radical (unpaired) electrons. The molecule has 0 spiro atoms. The number of hydrogen-bond acceptors (Lipinski definition) is 4. The minimum atomic E-state index is -4.17. The van der Waals surface area contributed by atoms with Gasteiger partial charge in [0.25, 0.3) is 10.0 Å². The largest absolute Gasteiger partial charge is 0.352 e. The highest BCUT2D eigenvalue weighted by atomic mass is 35.5. The molecule has 3 aromatic rings. The molecule has 2 amide bonds. The second-order valence-electron chi connectivity index (χ2n) is 10.6. The number of sulfonamides is 1. The van der Waals surface area contributed by atoms with Crippen LogP contribution in [-0.4, -0.2) is 43.8 Å². The second kappa shape index (κ2) is 14.1. The molecule has 224 valence electrons. The van der Waals surface area contributed by atoms with Crippen LogP contribution in [0.2, 0.25) is 15.1 Å². The van der Waals surface area contributed by atoms with Crippen LogP contribution in [0.5, 0.6) is 0 Å². The Balaban J connectivity index is 1.69. The fourth-order valence-corrected chi connectivity index (χ4v) is 6.97. The average Bonchev–Trinajstić information content (AvgIpc) is 2.96. The first-order valence-electron chi connectivity index (χ1n) is 13.8. The van der Waals surface area contributed by atoms with Crippen LogP contribution in [0.25, 0.3) is 0 Å². The summed E-state index contributed by atoms with van der Waals surface area (Å²) in [5.74, 6) is -0.877. The molecule has 1 fully saturated rings. The van der Waals surface area contributed by atoms with Crippen LogP contribution in [0.4, 0.5) is 5.69 Å². The zero-order chi connectivity index (χ0) is 30.4. The van der Waals surface area contributed by atoms with E-state index in [2.05, 4.69) is 5.32 Å². The van der Waals surface area contributed by atoms with E-state index >= 15 is 0 Å². The van der Waals surface area contributed by atoms with Gasteiger partial charge in [0.15, 0.2) is 0 Å². The summed E-state index contributed by atoms with van der Waals surface area (Å²) in [6.45, 7) is 2.93. The molecule has 3 aromatic carbocycles. The third kappa shape index (κ3) is 7.98. The van der Waals surface area contributed by atoms with Crippen molar-refractivity contribution in [1.82, 2.24) is 10.2 Å². The number of nitrogens with zero attached hydrogens (tertiary/aromatic N) is 2. The van der Waals surface area contributed by atoms with Gasteiger partial charge in [0.05, 0.1) is 10.6 Å². The Bertz CT molecular complexity index is 1510. The fourth-order valence-electron chi connectivity index (χ4n) is 4.96. The molecule has 1 saturated carbocycles. The Morgan fingerprint density at radius 3 is 2.14 bits per heavy atom. The SMILES string of the molecule is Cc1ccc(S(=O)(=O)N(CC(=O)N(Cc2ccc(Cl)cc2Cl)[C@@H](C)C(=O)NC2CCCCC2)c2ccc(Cl)cc2)cc1. The smallest absolute Gasteiger partial charge is 0.264 e. The molecular weight excluding hydrogens is 617 g/mol. The fraction of sp³-hybridized carbons (Fsp3) is 0.355. The van der Waals surface area contributed by atoms with E-state index in [1.165, 1.54) is 17.0 Å².